The van der Waals surface area contributed by atoms with Gasteiger partial charge in [0.2, 0.25) is 12.2 Å². The van der Waals surface area contributed by atoms with E-state index in [0.717, 1.165) is 12.1 Å². The number of carbonyl (C=O) groups is 1. The Morgan fingerprint density at radius 2 is 1.58 bits per heavy atom. The van der Waals surface area contributed by atoms with E-state index in [1.807, 2.05) is 0 Å². The number of aliphatic hydroxyl groups is 4. The fourth-order valence-electron chi connectivity index (χ4n) is 6.08. The van der Waals surface area contributed by atoms with Crippen molar-refractivity contribution in [2.45, 2.75) is 120 Å². The van der Waals surface area contributed by atoms with Crippen LogP contribution in [0.5, 0.6) is 11.5 Å². The van der Waals surface area contributed by atoms with Crippen LogP contribution < -0.4 is 15.8 Å². The van der Waals surface area contributed by atoms with Gasteiger partial charge in [-0.2, -0.15) is 16.8 Å². The second-order valence-corrected chi connectivity index (χ2v) is 15.9. The summed E-state index contributed by atoms with van der Waals surface area (Å²) < 4.78 is 103. The molecule has 0 bridgehead atoms. The standard InChI is InChI=1S/C30H46N2O19S2/c1-13-21(35)22(36)23(37)28(46-13)50-27-15(3)45-20(12-30(27,4)31)49-25-14(2)47-29(26(24(25)38)51-53(42,43)44)48-18-7-5-16(11-17(18)33)6-8-19(34)32-9-10-52(39,40)41/h5-8,11,13-15,20-29,33,35-38H,9-10,12,31H2,1-4H3,(H,32,34)(H,39,40,41)(H,42,43,44). The largest absolute Gasteiger partial charge is 0.504 e. The number of hydrogen-bond donors (Lipinski definition) is 9. The number of aliphatic hydroxyl groups excluding tert-OH is 4. The van der Waals surface area contributed by atoms with Gasteiger partial charge in [0.1, 0.15) is 36.6 Å². The Bertz CT molecular complexity index is 1680. The Labute approximate surface area is 305 Å². The minimum absolute atomic E-state index is 0.0911. The molecule has 302 valence electrons. The van der Waals surface area contributed by atoms with Crippen molar-refractivity contribution in [3.8, 4) is 11.5 Å². The normalized spacial score (nSPS) is 38.4. The molecule has 3 saturated heterocycles. The van der Waals surface area contributed by atoms with Crippen LogP contribution in [0.1, 0.15) is 39.7 Å². The minimum Gasteiger partial charge on any atom is -0.504 e. The number of rotatable bonds is 13. The Morgan fingerprint density at radius 3 is 2.19 bits per heavy atom. The molecule has 4 rings (SSSR count). The zero-order chi connectivity index (χ0) is 39.6. The molecular formula is C30H46N2O19S2. The van der Waals surface area contributed by atoms with Crippen molar-refractivity contribution in [1.29, 1.82) is 0 Å². The second-order valence-electron chi connectivity index (χ2n) is 13.3. The molecule has 0 saturated carbocycles. The lowest BCUT2D eigenvalue weighted by Gasteiger charge is -2.49. The van der Waals surface area contributed by atoms with Gasteiger partial charge < -0.3 is 65.0 Å². The summed E-state index contributed by atoms with van der Waals surface area (Å²) in [5.41, 5.74) is 5.61. The zero-order valence-electron chi connectivity index (χ0n) is 28.9. The van der Waals surface area contributed by atoms with E-state index >= 15 is 0 Å². The average Bonchev–Trinajstić information content (AvgIpc) is 3.03. The number of carbonyl (C=O) groups excluding carboxylic acids is 1. The average molecular weight is 803 g/mol. The highest BCUT2D eigenvalue weighted by molar-refractivity contribution is 7.85. The molecule has 14 unspecified atom stereocenters. The predicted molar refractivity (Wildman–Crippen MR) is 178 cm³/mol. The summed E-state index contributed by atoms with van der Waals surface area (Å²) >= 11 is 0. The molecule has 3 aliphatic heterocycles. The number of amides is 1. The fraction of sp³-hybridized carbons (Fsp3) is 0.700. The quantitative estimate of drug-likeness (QED) is 0.0737. The van der Waals surface area contributed by atoms with Gasteiger partial charge in [-0.3, -0.25) is 13.9 Å². The van der Waals surface area contributed by atoms with E-state index in [1.165, 1.54) is 32.1 Å². The molecule has 23 heteroatoms. The van der Waals surface area contributed by atoms with Crippen molar-refractivity contribution in [2.24, 2.45) is 5.73 Å². The van der Waals surface area contributed by atoms with Crippen LogP contribution >= 0.6 is 0 Å². The first-order chi connectivity index (χ1) is 24.5. The van der Waals surface area contributed by atoms with Crippen LogP contribution in [0, 0.1) is 0 Å². The summed E-state index contributed by atoms with van der Waals surface area (Å²) in [6.07, 6.45) is -15.5. The Hall–Kier alpha value is -2.59. The van der Waals surface area contributed by atoms with Gasteiger partial charge in [-0.1, -0.05) is 6.07 Å². The lowest BCUT2D eigenvalue weighted by Crippen LogP contribution is -2.66. The van der Waals surface area contributed by atoms with Crippen molar-refractivity contribution in [3.63, 3.8) is 0 Å². The van der Waals surface area contributed by atoms with Crippen molar-refractivity contribution < 1.29 is 88.9 Å². The number of benzene rings is 1. The molecule has 21 nitrogen and oxygen atoms in total. The molecule has 53 heavy (non-hydrogen) atoms. The first-order valence-electron chi connectivity index (χ1n) is 16.3. The molecule has 1 aromatic rings. The van der Waals surface area contributed by atoms with Crippen LogP contribution in [-0.4, -0.2) is 155 Å². The highest BCUT2D eigenvalue weighted by Crippen LogP contribution is 2.37. The summed E-state index contributed by atoms with van der Waals surface area (Å²) in [4.78, 5) is 11.9. The van der Waals surface area contributed by atoms with E-state index < -0.39 is 123 Å². The summed E-state index contributed by atoms with van der Waals surface area (Å²) in [5, 5.41) is 54.8. The Balaban J connectivity index is 1.43. The van der Waals surface area contributed by atoms with E-state index in [0.29, 0.717) is 0 Å². The number of hydrogen-bond acceptors (Lipinski definition) is 18. The third kappa shape index (κ3) is 11.5. The molecule has 1 amide bonds. The number of ether oxygens (including phenoxy) is 6. The SMILES string of the molecule is CC1OC(OC2C(C)OC(OC3C(C)OC(Oc4ccc(C=CC(=O)NCCS(=O)(=O)O)cc4O)C(OS(=O)(=O)O)C3O)CC2(C)N)C(O)C(O)C1O. The number of phenols is 1. The molecule has 1 aromatic carbocycles. The number of nitrogens with two attached hydrogens (primary N) is 1. The molecule has 3 aliphatic rings. The molecule has 0 aromatic heterocycles. The second kappa shape index (κ2) is 17.1. The maximum absolute atomic E-state index is 11.9. The van der Waals surface area contributed by atoms with Gasteiger partial charge in [-0.15, -0.1) is 0 Å². The van der Waals surface area contributed by atoms with Crippen molar-refractivity contribution in [3.05, 3.63) is 29.8 Å². The minimum atomic E-state index is -5.23. The van der Waals surface area contributed by atoms with E-state index in [2.05, 4.69) is 5.32 Å². The third-order valence-corrected chi connectivity index (χ3v) is 9.93. The van der Waals surface area contributed by atoms with E-state index in [9.17, 15) is 51.7 Å². The van der Waals surface area contributed by atoms with E-state index in [1.54, 1.807) is 13.8 Å². The molecule has 0 spiro atoms. The fourth-order valence-corrected chi connectivity index (χ4v) is 6.93. The molecule has 3 fully saturated rings. The number of phenolic OH excluding ortho intramolecular Hbond substituents is 1. The summed E-state index contributed by atoms with van der Waals surface area (Å²) in [7, 11) is -9.50. The predicted octanol–water partition coefficient (Wildman–Crippen LogP) is -2.47. The summed E-state index contributed by atoms with van der Waals surface area (Å²) in [6.45, 7) is 5.77. The monoisotopic (exact) mass is 802 g/mol. The lowest BCUT2D eigenvalue weighted by atomic mass is 9.85. The van der Waals surface area contributed by atoms with Gasteiger partial charge in [-0.25, -0.2) is 4.18 Å². The van der Waals surface area contributed by atoms with E-state index in [4.69, 9.17) is 42.9 Å². The number of nitrogens with one attached hydrogen (secondary N) is 1. The third-order valence-electron chi connectivity index (χ3n) is 8.75. The smallest absolute Gasteiger partial charge is 0.397 e. The van der Waals surface area contributed by atoms with Gasteiger partial charge in [-0.05, 0) is 51.5 Å². The molecule has 0 radical (unpaired) electrons. The molecule has 10 N–H and O–H groups in total. The molecule has 3 heterocycles. The highest BCUT2D eigenvalue weighted by atomic mass is 32.3. The topological polar surface area (TPSA) is 330 Å². The first-order valence-corrected chi connectivity index (χ1v) is 19.3. The van der Waals surface area contributed by atoms with Crippen LogP contribution in [0.4, 0.5) is 0 Å². The van der Waals surface area contributed by atoms with Crippen molar-refractivity contribution >= 4 is 32.5 Å². The van der Waals surface area contributed by atoms with Crippen molar-refractivity contribution in [2.75, 3.05) is 12.3 Å². The van der Waals surface area contributed by atoms with Gasteiger partial charge >= 0.3 is 10.4 Å². The molecule has 0 aliphatic carbocycles. The first kappa shape index (κ1) is 43.1. The van der Waals surface area contributed by atoms with Crippen LogP contribution in [0.2, 0.25) is 0 Å². The number of aromatic hydroxyl groups is 1. The van der Waals surface area contributed by atoms with Gasteiger partial charge in [0.05, 0.1) is 24.1 Å². The Morgan fingerprint density at radius 1 is 0.925 bits per heavy atom. The van der Waals surface area contributed by atoms with Crippen LogP contribution in [0.3, 0.4) is 0 Å². The van der Waals surface area contributed by atoms with Gasteiger partial charge in [0.25, 0.3) is 10.1 Å². The highest BCUT2D eigenvalue weighted by Gasteiger charge is 2.53. The van der Waals surface area contributed by atoms with Crippen LogP contribution in [-0.2, 0) is 53.2 Å². The van der Waals surface area contributed by atoms with Gasteiger partial charge in [0, 0.05) is 24.6 Å². The molecule has 14 atom stereocenters. The maximum atomic E-state index is 11.9. The molecular weight excluding hydrogens is 756 g/mol. The van der Waals surface area contributed by atoms with Gasteiger partial charge in [0.15, 0.2) is 30.2 Å². The van der Waals surface area contributed by atoms with Crippen molar-refractivity contribution in [1.82, 2.24) is 5.32 Å². The van der Waals surface area contributed by atoms with Crippen LogP contribution in [0.25, 0.3) is 6.08 Å². The maximum Gasteiger partial charge on any atom is 0.397 e. The zero-order valence-corrected chi connectivity index (χ0v) is 30.6. The Kier molecular flexibility index (Phi) is 13.9. The summed E-state index contributed by atoms with van der Waals surface area (Å²) in [6, 6.07) is 3.75. The van der Waals surface area contributed by atoms with Crippen LogP contribution in [0.15, 0.2) is 24.3 Å². The van der Waals surface area contributed by atoms with E-state index in [-0.39, 0.29) is 24.3 Å². The summed E-state index contributed by atoms with van der Waals surface area (Å²) in [5.74, 6) is -2.20. The lowest BCUT2D eigenvalue weighted by molar-refractivity contribution is -0.347.